The van der Waals surface area contributed by atoms with E-state index in [0.717, 1.165) is 51.6 Å². The Bertz CT molecular complexity index is 543. The number of carbonyl (C=O) groups is 2. The van der Waals surface area contributed by atoms with E-state index in [2.05, 4.69) is 66.0 Å². The van der Waals surface area contributed by atoms with E-state index in [0.29, 0.717) is 51.0 Å². The fourth-order valence-corrected chi connectivity index (χ4v) is 3.48. The molecule has 0 aliphatic carbocycles. The van der Waals surface area contributed by atoms with Crippen molar-refractivity contribution in [2.45, 2.75) is 107 Å². The third kappa shape index (κ3) is 20.3. The molecule has 0 heterocycles. The van der Waals surface area contributed by atoms with Gasteiger partial charge in [-0.1, -0.05) is 68.2 Å². The summed E-state index contributed by atoms with van der Waals surface area (Å²) >= 11 is 0. The summed E-state index contributed by atoms with van der Waals surface area (Å²) in [6.45, 7) is 21.8. The molecule has 34 heavy (non-hydrogen) atoms. The Hall–Kier alpha value is -1.14. The number of ether oxygens (including phenoxy) is 2. The second-order valence-corrected chi connectivity index (χ2v) is 11.9. The Balaban J connectivity index is 3.80. The third-order valence-corrected chi connectivity index (χ3v) is 6.69. The zero-order chi connectivity index (χ0) is 26.0. The van der Waals surface area contributed by atoms with Gasteiger partial charge in [-0.05, 0) is 61.4 Å². The average molecular weight is 485 g/mol. The highest BCUT2D eigenvalue weighted by atomic mass is 16.5. The van der Waals surface area contributed by atoms with Crippen molar-refractivity contribution < 1.29 is 19.1 Å². The van der Waals surface area contributed by atoms with Crippen LogP contribution >= 0.6 is 0 Å². The van der Waals surface area contributed by atoms with E-state index in [1.165, 1.54) is 0 Å². The summed E-state index contributed by atoms with van der Waals surface area (Å²) in [5.74, 6) is 1.000. The normalized spacial score (nSPS) is 14.0. The van der Waals surface area contributed by atoms with Gasteiger partial charge in [-0.25, -0.2) is 0 Å². The molecule has 0 spiro atoms. The summed E-state index contributed by atoms with van der Waals surface area (Å²) < 4.78 is 10.7. The zero-order valence-corrected chi connectivity index (χ0v) is 23.7. The summed E-state index contributed by atoms with van der Waals surface area (Å²) in [5.41, 5.74) is 0.425. The molecular formula is C28H56N2O4. The minimum Gasteiger partial charge on any atom is -0.466 e. The lowest BCUT2D eigenvalue weighted by Gasteiger charge is -2.22. The predicted molar refractivity (Wildman–Crippen MR) is 142 cm³/mol. The standard InChI is InChI=1S/C28H56N2O4/c1-9-24(22-30-18-13-26(32)33-19-14-27(4,5)6)21-23(3)11-16-29-17-12-25(31)34-20-15-28(7,8)10-2/h23-24,29-30H,9-22H2,1-8H3. The molecule has 0 aromatic heterocycles. The summed E-state index contributed by atoms with van der Waals surface area (Å²) in [5, 5.41) is 6.81. The maximum atomic E-state index is 11.9. The van der Waals surface area contributed by atoms with Gasteiger partial charge >= 0.3 is 11.9 Å². The lowest BCUT2D eigenvalue weighted by molar-refractivity contribution is -0.145. The largest absolute Gasteiger partial charge is 0.466 e. The van der Waals surface area contributed by atoms with Crippen molar-refractivity contribution >= 4 is 11.9 Å². The first-order chi connectivity index (χ1) is 15.9. The van der Waals surface area contributed by atoms with Gasteiger partial charge in [0.25, 0.3) is 0 Å². The van der Waals surface area contributed by atoms with Crippen molar-refractivity contribution in [1.82, 2.24) is 10.6 Å². The molecule has 0 saturated heterocycles. The number of esters is 2. The molecule has 0 fully saturated rings. The van der Waals surface area contributed by atoms with Crippen LogP contribution < -0.4 is 10.6 Å². The minimum atomic E-state index is -0.113. The molecule has 0 amide bonds. The van der Waals surface area contributed by atoms with E-state index in [1.54, 1.807) is 0 Å². The SMILES string of the molecule is CCC(CNCCC(=O)OCCC(C)(C)C)CC(C)CCNCCC(=O)OCCC(C)(C)CC. The maximum absolute atomic E-state index is 11.9. The van der Waals surface area contributed by atoms with Gasteiger partial charge in [-0.3, -0.25) is 9.59 Å². The quantitative estimate of drug-likeness (QED) is 0.170. The van der Waals surface area contributed by atoms with Crippen LogP contribution in [0, 0.1) is 22.7 Å². The number of rotatable bonds is 20. The molecule has 6 heteroatoms. The number of nitrogens with one attached hydrogen (secondary N) is 2. The first-order valence-corrected chi connectivity index (χ1v) is 13.6. The molecule has 0 aromatic carbocycles. The molecule has 202 valence electrons. The van der Waals surface area contributed by atoms with Crippen molar-refractivity contribution in [3.63, 3.8) is 0 Å². The molecule has 2 N–H and O–H groups in total. The van der Waals surface area contributed by atoms with E-state index in [9.17, 15) is 9.59 Å². The van der Waals surface area contributed by atoms with Gasteiger partial charge in [0.15, 0.2) is 0 Å². The zero-order valence-electron chi connectivity index (χ0n) is 23.7. The Morgan fingerprint density at radius 2 is 1.38 bits per heavy atom. The van der Waals surface area contributed by atoms with Crippen LogP contribution in [0.3, 0.4) is 0 Å². The Kier molecular flexibility index (Phi) is 17.6. The monoisotopic (exact) mass is 484 g/mol. The van der Waals surface area contributed by atoms with Gasteiger partial charge in [0, 0.05) is 13.1 Å². The summed E-state index contributed by atoms with van der Waals surface area (Å²) in [6, 6.07) is 0. The van der Waals surface area contributed by atoms with Gasteiger partial charge in [-0.15, -0.1) is 0 Å². The van der Waals surface area contributed by atoms with E-state index < -0.39 is 0 Å². The molecule has 2 unspecified atom stereocenters. The summed E-state index contributed by atoms with van der Waals surface area (Å²) in [7, 11) is 0. The van der Waals surface area contributed by atoms with Crippen LogP contribution in [0.5, 0.6) is 0 Å². The molecule has 2 atom stereocenters. The fraction of sp³-hybridized carbons (Fsp3) is 0.929. The van der Waals surface area contributed by atoms with Crippen molar-refractivity contribution in [2.75, 3.05) is 39.4 Å². The molecule has 0 rings (SSSR count). The van der Waals surface area contributed by atoms with Crippen LogP contribution in [0.1, 0.15) is 107 Å². The molecule has 0 bridgehead atoms. The Morgan fingerprint density at radius 3 is 1.91 bits per heavy atom. The highest BCUT2D eigenvalue weighted by Crippen LogP contribution is 2.24. The molecule has 0 aliphatic rings. The van der Waals surface area contributed by atoms with Gasteiger partial charge < -0.3 is 20.1 Å². The second kappa shape index (κ2) is 18.2. The van der Waals surface area contributed by atoms with Crippen LogP contribution in [-0.4, -0.2) is 51.3 Å². The van der Waals surface area contributed by atoms with Gasteiger partial charge in [0.1, 0.15) is 0 Å². The lowest BCUT2D eigenvalue weighted by atomic mass is 9.87. The molecule has 0 aliphatic heterocycles. The van der Waals surface area contributed by atoms with E-state index in [1.807, 2.05) is 0 Å². The van der Waals surface area contributed by atoms with Gasteiger partial charge in [0.2, 0.25) is 0 Å². The molecule has 0 radical (unpaired) electrons. The first kappa shape index (κ1) is 32.9. The van der Waals surface area contributed by atoms with Gasteiger partial charge in [0.05, 0.1) is 26.1 Å². The highest BCUT2D eigenvalue weighted by molar-refractivity contribution is 5.69. The third-order valence-electron chi connectivity index (χ3n) is 6.69. The molecule has 0 saturated carbocycles. The topological polar surface area (TPSA) is 76.7 Å². The molecular weight excluding hydrogens is 428 g/mol. The molecule has 0 aromatic rings. The first-order valence-electron chi connectivity index (χ1n) is 13.6. The highest BCUT2D eigenvalue weighted by Gasteiger charge is 2.16. The number of carbonyl (C=O) groups excluding carboxylic acids is 2. The minimum absolute atomic E-state index is 0.109. The van der Waals surface area contributed by atoms with Crippen molar-refractivity contribution in [2.24, 2.45) is 22.7 Å². The van der Waals surface area contributed by atoms with Crippen LogP contribution in [0.25, 0.3) is 0 Å². The van der Waals surface area contributed by atoms with Gasteiger partial charge in [-0.2, -0.15) is 0 Å². The van der Waals surface area contributed by atoms with Crippen LogP contribution in [0.15, 0.2) is 0 Å². The fourth-order valence-electron chi connectivity index (χ4n) is 3.48. The average Bonchev–Trinajstić information content (AvgIpc) is 2.74. The molecule has 6 nitrogen and oxygen atoms in total. The Labute approximate surface area is 210 Å². The van der Waals surface area contributed by atoms with Crippen LogP contribution in [0.4, 0.5) is 0 Å². The van der Waals surface area contributed by atoms with Crippen molar-refractivity contribution in [3.8, 4) is 0 Å². The number of hydrogen-bond acceptors (Lipinski definition) is 6. The Morgan fingerprint density at radius 1 is 0.824 bits per heavy atom. The smallest absolute Gasteiger partial charge is 0.307 e. The lowest BCUT2D eigenvalue weighted by Crippen LogP contribution is -2.27. The van der Waals surface area contributed by atoms with E-state index in [4.69, 9.17) is 9.47 Å². The number of hydrogen-bond donors (Lipinski definition) is 2. The van der Waals surface area contributed by atoms with Crippen molar-refractivity contribution in [1.29, 1.82) is 0 Å². The van der Waals surface area contributed by atoms with Crippen molar-refractivity contribution in [3.05, 3.63) is 0 Å². The van der Waals surface area contributed by atoms with E-state index >= 15 is 0 Å². The summed E-state index contributed by atoms with van der Waals surface area (Å²) in [6.07, 6.45) is 7.13. The maximum Gasteiger partial charge on any atom is 0.307 e. The van der Waals surface area contributed by atoms with E-state index in [-0.39, 0.29) is 22.8 Å². The second-order valence-electron chi connectivity index (χ2n) is 11.9. The predicted octanol–water partition coefficient (Wildman–Crippen LogP) is 5.74. The summed E-state index contributed by atoms with van der Waals surface area (Å²) in [4.78, 5) is 23.7. The van der Waals surface area contributed by atoms with Crippen LogP contribution in [0.2, 0.25) is 0 Å². The van der Waals surface area contributed by atoms with Crippen LogP contribution in [-0.2, 0) is 19.1 Å².